The van der Waals surface area contributed by atoms with Gasteiger partial charge in [-0.2, -0.15) is 21.8 Å². The molecule has 1 aliphatic rings. The van der Waals surface area contributed by atoms with E-state index < -0.39 is 0 Å². The quantitative estimate of drug-likeness (QED) is 0.905. The first kappa shape index (κ1) is 15.5. The van der Waals surface area contributed by atoms with E-state index in [1.165, 1.54) is 31.3 Å². The van der Waals surface area contributed by atoms with Crippen molar-refractivity contribution in [3.05, 3.63) is 12.2 Å². The summed E-state index contributed by atoms with van der Waals surface area (Å²) < 4.78 is 5.44. The topological polar surface area (TPSA) is 83.7 Å². The van der Waals surface area contributed by atoms with Gasteiger partial charge in [-0.3, -0.25) is 10.00 Å². The number of likely N-dealkylation sites (tertiary alicyclic amines) is 1. The molecule has 0 bridgehead atoms. The summed E-state index contributed by atoms with van der Waals surface area (Å²) in [6.07, 6.45) is 5.27. The first-order valence-electron chi connectivity index (χ1n) is 7.83. The van der Waals surface area contributed by atoms with Crippen LogP contribution in [0, 0.1) is 0 Å². The molecule has 2 aromatic rings. The molecule has 8 heteroatoms. The molecule has 2 atom stereocenters. The van der Waals surface area contributed by atoms with Crippen molar-refractivity contribution >= 4 is 11.8 Å². The summed E-state index contributed by atoms with van der Waals surface area (Å²) in [5.41, 5.74) is 0. The molecule has 1 saturated heterocycles. The SMILES string of the molecule is CCS[C@@H]1CCCCN([C@@H](C)c2nc(-c3ncn[nH]3)no2)C1. The van der Waals surface area contributed by atoms with E-state index in [-0.39, 0.29) is 6.04 Å². The fraction of sp³-hybridized carbons (Fsp3) is 0.714. The van der Waals surface area contributed by atoms with Crippen LogP contribution < -0.4 is 0 Å². The molecule has 0 radical (unpaired) electrons. The lowest BCUT2D eigenvalue weighted by Crippen LogP contribution is -2.32. The standard InChI is InChI=1S/C14H22N6OS/c1-3-22-11-6-4-5-7-20(8-11)10(2)14-17-13(19-21-14)12-15-9-16-18-12/h9-11H,3-8H2,1-2H3,(H,15,16,18)/t10-,11+/m0/s1. The van der Waals surface area contributed by atoms with Crippen molar-refractivity contribution in [1.29, 1.82) is 0 Å². The fourth-order valence-electron chi connectivity index (χ4n) is 2.83. The van der Waals surface area contributed by atoms with Gasteiger partial charge in [-0.25, -0.2) is 4.98 Å². The van der Waals surface area contributed by atoms with E-state index in [2.05, 4.69) is 55.8 Å². The van der Waals surface area contributed by atoms with Gasteiger partial charge in [0, 0.05) is 11.8 Å². The average Bonchev–Trinajstić information content (AvgIpc) is 3.15. The van der Waals surface area contributed by atoms with Gasteiger partial charge < -0.3 is 4.52 Å². The van der Waals surface area contributed by atoms with Crippen molar-refractivity contribution in [2.24, 2.45) is 0 Å². The molecule has 1 N–H and O–H groups in total. The predicted octanol–water partition coefficient (Wildman–Crippen LogP) is 2.52. The summed E-state index contributed by atoms with van der Waals surface area (Å²) in [5, 5.41) is 11.3. The van der Waals surface area contributed by atoms with Crippen LogP contribution in [0.2, 0.25) is 0 Å². The molecule has 0 unspecified atom stereocenters. The normalized spacial score (nSPS) is 21.6. The van der Waals surface area contributed by atoms with Crippen molar-refractivity contribution in [3.63, 3.8) is 0 Å². The molecule has 0 aliphatic carbocycles. The maximum absolute atomic E-state index is 5.44. The van der Waals surface area contributed by atoms with Crippen molar-refractivity contribution < 1.29 is 4.52 Å². The van der Waals surface area contributed by atoms with E-state index in [0.717, 1.165) is 13.1 Å². The van der Waals surface area contributed by atoms with Gasteiger partial charge in [0.25, 0.3) is 0 Å². The van der Waals surface area contributed by atoms with Gasteiger partial charge >= 0.3 is 0 Å². The Labute approximate surface area is 134 Å². The second kappa shape index (κ2) is 7.23. The van der Waals surface area contributed by atoms with Crippen LogP contribution in [-0.4, -0.2) is 54.3 Å². The van der Waals surface area contributed by atoms with Crippen molar-refractivity contribution in [3.8, 4) is 11.6 Å². The Balaban J connectivity index is 1.70. The van der Waals surface area contributed by atoms with Gasteiger partial charge in [0.1, 0.15) is 6.33 Å². The number of aromatic amines is 1. The molecule has 0 aromatic carbocycles. The number of nitrogens with zero attached hydrogens (tertiary/aromatic N) is 5. The van der Waals surface area contributed by atoms with Crippen molar-refractivity contribution in [1.82, 2.24) is 30.2 Å². The third-order valence-electron chi connectivity index (χ3n) is 4.04. The van der Waals surface area contributed by atoms with Crippen molar-refractivity contribution in [2.75, 3.05) is 18.8 Å². The largest absolute Gasteiger partial charge is 0.337 e. The predicted molar refractivity (Wildman–Crippen MR) is 85.4 cm³/mol. The second-order valence-corrected chi connectivity index (χ2v) is 7.11. The Morgan fingerprint density at radius 1 is 1.50 bits per heavy atom. The molecular weight excluding hydrogens is 300 g/mol. The van der Waals surface area contributed by atoms with Crippen LogP contribution >= 0.6 is 11.8 Å². The lowest BCUT2D eigenvalue weighted by molar-refractivity contribution is 0.180. The Morgan fingerprint density at radius 3 is 3.18 bits per heavy atom. The summed E-state index contributed by atoms with van der Waals surface area (Å²) in [4.78, 5) is 11.0. The summed E-state index contributed by atoms with van der Waals surface area (Å²) in [7, 11) is 0. The molecule has 0 saturated carbocycles. The van der Waals surface area contributed by atoms with Crippen LogP contribution in [-0.2, 0) is 0 Å². The molecular formula is C14H22N6OS. The minimum atomic E-state index is 0.127. The van der Waals surface area contributed by atoms with Crippen molar-refractivity contribution in [2.45, 2.75) is 44.4 Å². The third kappa shape index (κ3) is 3.49. The van der Waals surface area contributed by atoms with E-state index in [0.29, 0.717) is 22.8 Å². The number of rotatable bonds is 5. The Hall–Kier alpha value is -1.41. The molecule has 0 amide bonds. The first-order valence-corrected chi connectivity index (χ1v) is 8.87. The Kier molecular flexibility index (Phi) is 5.09. The number of aromatic nitrogens is 5. The molecule has 1 fully saturated rings. The molecule has 22 heavy (non-hydrogen) atoms. The van der Waals surface area contributed by atoms with E-state index in [1.807, 2.05) is 0 Å². The zero-order chi connectivity index (χ0) is 15.4. The zero-order valence-electron chi connectivity index (χ0n) is 13.0. The summed E-state index contributed by atoms with van der Waals surface area (Å²) in [6, 6.07) is 0.127. The maximum atomic E-state index is 5.44. The lowest BCUT2D eigenvalue weighted by atomic mass is 10.2. The van der Waals surface area contributed by atoms with Crippen LogP contribution in [0.5, 0.6) is 0 Å². The van der Waals surface area contributed by atoms with Gasteiger partial charge in [-0.05, 0) is 32.1 Å². The van der Waals surface area contributed by atoms with Crippen LogP contribution in [0.4, 0.5) is 0 Å². The van der Waals surface area contributed by atoms with E-state index in [9.17, 15) is 0 Å². The van der Waals surface area contributed by atoms with E-state index >= 15 is 0 Å². The molecule has 120 valence electrons. The van der Waals surface area contributed by atoms with Crippen LogP contribution in [0.3, 0.4) is 0 Å². The number of H-pyrrole nitrogens is 1. The van der Waals surface area contributed by atoms with E-state index in [4.69, 9.17) is 4.52 Å². The number of thioether (sulfide) groups is 1. The van der Waals surface area contributed by atoms with Crippen LogP contribution in [0.1, 0.15) is 45.0 Å². The zero-order valence-corrected chi connectivity index (χ0v) is 13.8. The van der Waals surface area contributed by atoms with Gasteiger partial charge in [0.05, 0.1) is 6.04 Å². The highest BCUT2D eigenvalue weighted by molar-refractivity contribution is 7.99. The first-order chi connectivity index (χ1) is 10.8. The number of hydrogen-bond acceptors (Lipinski definition) is 7. The van der Waals surface area contributed by atoms with Gasteiger partial charge in [0.2, 0.25) is 11.7 Å². The smallest absolute Gasteiger partial charge is 0.244 e. The summed E-state index contributed by atoms with van der Waals surface area (Å²) >= 11 is 2.05. The fourth-order valence-corrected chi connectivity index (χ4v) is 3.93. The highest BCUT2D eigenvalue weighted by atomic mass is 32.2. The van der Waals surface area contributed by atoms with Crippen LogP contribution in [0.25, 0.3) is 11.6 Å². The lowest BCUT2D eigenvalue weighted by Gasteiger charge is -2.27. The molecule has 1 aliphatic heterocycles. The van der Waals surface area contributed by atoms with Gasteiger partial charge in [0.15, 0.2) is 5.82 Å². The highest BCUT2D eigenvalue weighted by Gasteiger charge is 2.26. The number of nitrogens with one attached hydrogen (secondary N) is 1. The van der Waals surface area contributed by atoms with Crippen LogP contribution in [0.15, 0.2) is 10.9 Å². The summed E-state index contributed by atoms with van der Waals surface area (Å²) in [6.45, 7) is 6.53. The summed E-state index contributed by atoms with van der Waals surface area (Å²) in [5.74, 6) is 2.82. The molecule has 2 aromatic heterocycles. The Bertz CT molecular complexity index is 572. The molecule has 0 spiro atoms. The third-order valence-corrected chi connectivity index (χ3v) is 5.23. The van der Waals surface area contributed by atoms with E-state index in [1.54, 1.807) is 0 Å². The molecule has 3 rings (SSSR count). The minimum absolute atomic E-state index is 0.127. The highest BCUT2D eigenvalue weighted by Crippen LogP contribution is 2.28. The average molecular weight is 322 g/mol. The second-order valence-electron chi connectivity index (χ2n) is 5.53. The minimum Gasteiger partial charge on any atom is -0.337 e. The monoisotopic (exact) mass is 322 g/mol. The molecule has 7 nitrogen and oxygen atoms in total. The molecule has 3 heterocycles. The number of hydrogen-bond donors (Lipinski definition) is 1. The Morgan fingerprint density at radius 2 is 2.41 bits per heavy atom. The maximum Gasteiger partial charge on any atom is 0.244 e. The van der Waals surface area contributed by atoms with Gasteiger partial charge in [-0.1, -0.05) is 18.5 Å². The van der Waals surface area contributed by atoms with Gasteiger partial charge in [-0.15, -0.1) is 0 Å².